The smallest absolute Gasteiger partial charge is 0.204 e. The number of methoxy groups -OCH3 is 4. The molecule has 0 spiro atoms. The van der Waals surface area contributed by atoms with Crippen molar-refractivity contribution in [3.8, 4) is 34.5 Å². The van der Waals surface area contributed by atoms with E-state index in [1.807, 2.05) is 0 Å². The number of aliphatic hydroxyl groups excluding tert-OH is 6. The van der Waals surface area contributed by atoms with E-state index in [1.54, 1.807) is 18.2 Å². The first-order valence-electron chi connectivity index (χ1n) is 12.9. The Morgan fingerprint density at radius 1 is 0.810 bits per heavy atom. The Hall–Kier alpha value is -3.34. The van der Waals surface area contributed by atoms with Crippen molar-refractivity contribution in [1.29, 1.82) is 0 Å². The summed E-state index contributed by atoms with van der Waals surface area (Å²) >= 11 is 0. The number of ether oxygens (including phenoxy) is 7. The lowest BCUT2D eigenvalue weighted by molar-refractivity contribution is -0.318. The first-order chi connectivity index (χ1) is 20.2. The lowest BCUT2D eigenvalue weighted by Crippen LogP contribution is -2.59. The zero-order valence-corrected chi connectivity index (χ0v) is 23.6. The minimum absolute atomic E-state index is 0.0152. The molecule has 0 radical (unpaired) electrons. The van der Waals surface area contributed by atoms with E-state index in [-0.39, 0.29) is 46.7 Å². The van der Waals surface area contributed by atoms with Crippen LogP contribution < -0.4 is 23.7 Å². The number of rotatable bonds is 14. The molecule has 0 bridgehead atoms. The van der Waals surface area contributed by atoms with Gasteiger partial charge in [0.15, 0.2) is 35.4 Å². The Morgan fingerprint density at radius 3 is 1.86 bits per heavy atom. The Bertz CT molecular complexity index is 1140. The van der Waals surface area contributed by atoms with Gasteiger partial charge in [0, 0.05) is 0 Å². The van der Waals surface area contributed by atoms with Crippen LogP contribution in [0.5, 0.6) is 34.5 Å². The molecule has 14 heteroatoms. The zero-order valence-electron chi connectivity index (χ0n) is 23.6. The van der Waals surface area contributed by atoms with Gasteiger partial charge in [-0.05, 0) is 35.4 Å². The first kappa shape index (κ1) is 33.2. The molecular formula is C28H38O14. The van der Waals surface area contributed by atoms with Crippen molar-refractivity contribution >= 4 is 6.08 Å². The molecule has 1 saturated heterocycles. The molecule has 2 aromatic carbocycles. The largest absolute Gasteiger partial charge is 0.502 e. The Balaban J connectivity index is 2.12. The van der Waals surface area contributed by atoms with Crippen molar-refractivity contribution in [2.75, 3.05) is 48.3 Å². The minimum Gasteiger partial charge on any atom is -0.502 e. The molecule has 7 atom stereocenters. The SMILES string of the molecule is COc1cc(C(O[C@@H]2O[C@H](CO)[C@@H](O)[C@H](O)[C@H]2O)C(CO)Oc2c(OC)cc(C=CCO)cc2OC)cc(OC)c1O. The molecule has 0 aliphatic carbocycles. The van der Waals surface area contributed by atoms with E-state index in [0.29, 0.717) is 5.56 Å². The standard InChI is InChI=1S/C28H38O14/c1-36-16-10-15(11-17(37-2)22(16)32)26(42-28-25(35)24(34)23(33)20(12-30)41-28)21(13-31)40-27-18(38-3)8-14(6-5-7-29)9-19(27)39-4/h5-6,8-11,20-21,23-26,28-35H,7,12-13H2,1-4H3/t20-,21?,23-,24+,25-,26?,28+/m1/s1. The molecule has 234 valence electrons. The maximum atomic E-state index is 10.7. The average molecular weight is 599 g/mol. The van der Waals surface area contributed by atoms with E-state index in [9.17, 15) is 30.6 Å². The van der Waals surface area contributed by atoms with Gasteiger partial charge in [0.05, 0.1) is 48.3 Å². The predicted octanol–water partition coefficient (Wildman–Crippen LogP) is -0.270. The van der Waals surface area contributed by atoms with E-state index in [1.165, 1.54) is 46.6 Å². The fraction of sp³-hybridized carbons (Fsp3) is 0.500. The highest BCUT2D eigenvalue weighted by molar-refractivity contribution is 5.62. The van der Waals surface area contributed by atoms with Crippen molar-refractivity contribution in [3.05, 3.63) is 41.5 Å². The van der Waals surface area contributed by atoms with Crippen molar-refractivity contribution in [1.82, 2.24) is 0 Å². The number of phenolic OH excluding ortho intramolecular Hbond substituents is 1. The van der Waals surface area contributed by atoms with Gasteiger partial charge in [-0.15, -0.1) is 0 Å². The van der Waals surface area contributed by atoms with Crippen LogP contribution in [0.3, 0.4) is 0 Å². The maximum Gasteiger partial charge on any atom is 0.204 e. The fourth-order valence-electron chi connectivity index (χ4n) is 4.43. The number of hydrogen-bond acceptors (Lipinski definition) is 14. The highest BCUT2D eigenvalue weighted by Gasteiger charge is 2.46. The zero-order chi connectivity index (χ0) is 31.0. The molecular weight excluding hydrogens is 560 g/mol. The Morgan fingerprint density at radius 2 is 1.38 bits per heavy atom. The van der Waals surface area contributed by atoms with Crippen LogP contribution in [0.2, 0.25) is 0 Å². The van der Waals surface area contributed by atoms with Crippen LogP contribution in [-0.4, -0.2) is 121 Å². The summed E-state index contributed by atoms with van der Waals surface area (Å²) in [4.78, 5) is 0. The van der Waals surface area contributed by atoms with Gasteiger partial charge >= 0.3 is 0 Å². The first-order valence-corrected chi connectivity index (χ1v) is 12.9. The number of phenols is 1. The molecule has 2 unspecified atom stereocenters. The second-order valence-electron chi connectivity index (χ2n) is 9.21. The monoisotopic (exact) mass is 598 g/mol. The lowest BCUT2D eigenvalue weighted by Gasteiger charge is -2.41. The van der Waals surface area contributed by atoms with Crippen LogP contribution in [0, 0.1) is 0 Å². The fourth-order valence-corrected chi connectivity index (χ4v) is 4.43. The van der Waals surface area contributed by atoms with Gasteiger partial charge in [0.25, 0.3) is 0 Å². The van der Waals surface area contributed by atoms with Crippen LogP contribution in [-0.2, 0) is 9.47 Å². The second kappa shape index (κ2) is 15.2. The number of hydrogen-bond donors (Lipinski definition) is 7. The topological polar surface area (TPSA) is 206 Å². The molecule has 42 heavy (non-hydrogen) atoms. The van der Waals surface area contributed by atoms with E-state index < -0.39 is 56.1 Å². The molecule has 1 aliphatic rings. The quantitative estimate of drug-likeness (QED) is 0.150. The van der Waals surface area contributed by atoms with Gasteiger partial charge < -0.3 is 68.9 Å². The van der Waals surface area contributed by atoms with E-state index in [2.05, 4.69) is 0 Å². The normalized spacial score (nSPS) is 23.8. The Labute approximate surface area is 242 Å². The number of benzene rings is 2. The lowest BCUT2D eigenvalue weighted by atomic mass is 9.98. The summed E-state index contributed by atoms with van der Waals surface area (Å²) in [6, 6.07) is 5.99. The molecule has 0 aromatic heterocycles. The van der Waals surface area contributed by atoms with Gasteiger partial charge in [-0.3, -0.25) is 0 Å². The van der Waals surface area contributed by atoms with E-state index in [0.717, 1.165) is 0 Å². The Kier molecular flexibility index (Phi) is 12.0. The summed E-state index contributed by atoms with van der Waals surface area (Å²) in [6.45, 7) is -1.57. The van der Waals surface area contributed by atoms with Gasteiger partial charge in [-0.2, -0.15) is 0 Å². The van der Waals surface area contributed by atoms with Crippen molar-refractivity contribution in [3.63, 3.8) is 0 Å². The summed E-state index contributed by atoms with van der Waals surface area (Å²) in [5, 5.41) is 71.0. The van der Waals surface area contributed by atoms with Gasteiger partial charge in [0.2, 0.25) is 11.5 Å². The van der Waals surface area contributed by atoms with Crippen LogP contribution in [0.25, 0.3) is 6.08 Å². The van der Waals surface area contributed by atoms with Gasteiger partial charge in [-0.1, -0.05) is 12.2 Å². The highest BCUT2D eigenvalue weighted by atomic mass is 16.7. The average Bonchev–Trinajstić information content (AvgIpc) is 3.01. The summed E-state index contributed by atoms with van der Waals surface area (Å²) in [7, 11) is 5.42. The molecule has 1 fully saturated rings. The van der Waals surface area contributed by atoms with Crippen LogP contribution in [0.15, 0.2) is 30.3 Å². The molecule has 1 heterocycles. The third kappa shape index (κ3) is 7.17. The van der Waals surface area contributed by atoms with Crippen molar-refractivity contribution in [2.24, 2.45) is 0 Å². The third-order valence-corrected chi connectivity index (χ3v) is 6.65. The van der Waals surface area contributed by atoms with E-state index in [4.69, 9.17) is 38.3 Å². The molecule has 1 aliphatic heterocycles. The summed E-state index contributed by atoms with van der Waals surface area (Å²) in [6.07, 6.45) is -7.50. The highest BCUT2D eigenvalue weighted by Crippen LogP contribution is 2.44. The minimum atomic E-state index is -1.77. The predicted molar refractivity (Wildman–Crippen MR) is 146 cm³/mol. The number of aromatic hydroxyl groups is 1. The summed E-state index contributed by atoms with van der Waals surface area (Å²) in [5.41, 5.74) is 0.839. The van der Waals surface area contributed by atoms with Gasteiger partial charge in [-0.25, -0.2) is 0 Å². The third-order valence-electron chi connectivity index (χ3n) is 6.65. The summed E-state index contributed by atoms with van der Waals surface area (Å²) < 4.78 is 39.4. The van der Waals surface area contributed by atoms with Crippen LogP contribution >= 0.6 is 0 Å². The molecule has 14 nitrogen and oxygen atoms in total. The number of aliphatic hydroxyl groups is 6. The molecule has 0 saturated carbocycles. The molecule has 3 rings (SSSR count). The van der Waals surface area contributed by atoms with Crippen LogP contribution in [0.1, 0.15) is 17.2 Å². The maximum absolute atomic E-state index is 10.7. The molecule has 7 N–H and O–H groups in total. The molecule has 0 amide bonds. The summed E-state index contributed by atoms with van der Waals surface area (Å²) in [5.74, 6) is 0.139. The van der Waals surface area contributed by atoms with Crippen LogP contribution in [0.4, 0.5) is 0 Å². The van der Waals surface area contributed by atoms with E-state index >= 15 is 0 Å². The second-order valence-corrected chi connectivity index (χ2v) is 9.21. The molecule has 2 aromatic rings. The van der Waals surface area contributed by atoms with Crippen molar-refractivity contribution < 1.29 is 68.9 Å². The van der Waals surface area contributed by atoms with Crippen molar-refractivity contribution in [2.45, 2.75) is 42.9 Å². The van der Waals surface area contributed by atoms with Gasteiger partial charge in [0.1, 0.15) is 30.5 Å².